The Morgan fingerprint density at radius 1 is 0.946 bits per heavy atom. The number of benzene rings is 2. The molecule has 1 amide bonds. The minimum Gasteiger partial charge on any atom is -0.506 e. The third kappa shape index (κ3) is 7.95. The standard InChI is InChI=1S/C23H16F6N2O4.C2H6/c24-22(25,26)14-6-9-20(17(23(27,28)29)11-15(10-14)31-34)35-16-7-8-19(32)18(12-16)30-21(33)13-4-2-1-3-5-13;1-2/h1-5,7-8,10-12,32H,6,9H2,(H,30,33);1-2H3/p+1/b14-10+,15-11+,20-17-;. The number of halogens is 6. The van der Waals surface area contributed by atoms with E-state index in [2.05, 4.69) is 5.32 Å². The molecule has 2 aromatic rings. The van der Waals surface area contributed by atoms with Crippen LogP contribution in [0.1, 0.15) is 37.0 Å². The zero-order valence-corrected chi connectivity index (χ0v) is 19.6. The Hall–Kier alpha value is -4.09. The number of carbonyl (C=O) groups is 1. The third-order valence-electron chi connectivity index (χ3n) is 4.83. The number of nitroso groups, excluding NO2 is 1. The average molecular weight is 529 g/mol. The van der Waals surface area contributed by atoms with Crippen LogP contribution in [-0.4, -0.2) is 23.4 Å². The van der Waals surface area contributed by atoms with Crippen LogP contribution in [-0.2, 0) is 0 Å². The molecule has 3 rings (SSSR count). The van der Waals surface area contributed by atoms with Crippen LogP contribution in [0.3, 0.4) is 0 Å². The van der Waals surface area contributed by atoms with E-state index in [9.17, 15) is 41.2 Å². The zero-order chi connectivity index (χ0) is 27.8. The second-order valence-electron chi connectivity index (χ2n) is 7.30. The van der Waals surface area contributed by atoms with Gasteiger partial charge < -0.3 is 15.2 Å². The van der Waals surface area contributed by atoms with E-state index in [1.54, 1.807) is 18.2 Å². The van der Waals surface area contributed by atoms with Crippen LogP contribution in [0.4, 0.5) is 32.0 Å². The summed E-state index contributed by atoms with van der Waals surface area (Å²) < 4.78 is 86.1. The molecule has 0 unspecified atom stereocenters. The molecule has 2 aromatic carbocycles. The number of phenols is 1. The maximum Gasteiger partial charge on any atom is 0.419 e. The number of carbonyl (C=O) groups excluding carboxylic acids is 1. The lowest BCUT2D eigenvalue weighted by atomic mass is 10.0. The lowest BCUT2D eigenvalue weighted by Gasteiger charge is -2.20. The minimum absolute atomic E-state index is 0.204. The summed E-state index contributed by atoms with van der Waals surface area (Å²) in [5, 5.41) is 13.5. The summed E-state index contributed by atoms with van der Waals surface area (Å²) in [6.07, 6.45) is -11.1. The second kappa shape index (κ2) is 12.2. The Morgan fingerprint density at radius 2 is 1.59 bits per heavy atom. The molecule has 0 bridgehead atoms. The van der Waals surface area contributed by atoms with E-state index in [0.717, 1.165) is 23.4 Å². The van der Waals surface area contributed by atoms with Crippen LogP contribution in [0.15, 0.2) is 83.3 Å². The smallest absolute Gasteiger partial charge is 0.419 e. The molecular formula is C25H23F6N2O4+. The van der Waals surface area contributed by atoms with Crippen molar-refractivity contribution in [3.8, 4) is 11.5 Å². The van der Waals surface area contributed by atoms with E-state index in [1.807, 2.05) is 13.8 Å². The maximum atomic E-state index is 13.7. The Balaban J connectivity index is 0.00000235. The first-order valence-electron chi connectivity index (χ1n) is 10.9. The Morgan fingerprint density at radius 3 is 2.16 bits per heavy atom. The first kappa shape index (κ1) is 29.1. The lowest BCUT2D eigenvalue weighted by molar-refractivity contribution is -0.416. The molecule has 3 N–H and O–H groups in total. The van der Waals surface area contributed by atoms with E-state index >= 15 is 0 Å². The Labute approximate surface area is 207 Å². The number of anilines is 1. The summed E-state index contributed by atoms with van der Waals surface area (Å²) in [7, 11) is 0. The number of ether oxygens (including phenoxy) is 1. The van der Waals surface area contributed by atoms with Gasteiger partial charge in [-0.15, -0.1) is 0 Å². The number of nitrogens with one attached hydrogen (secondary N) is 2. The van der Waals surface area contributed by atoms with E-state index in [0.29, 0.717) is 6.08 Å². The van der Waals surface area contributed by atoms with Crippen molar-refractivity contribution in [3.05, 3.63) is 93.8 Å². The van der Waals surface area contributed by atoms with Crippen LogP contribution < -0.4 is 15.2 Å². The number of rotatable bonds is 5. The Kier molecular flexibility index (Phi) is 9.64. The quantitative estimate of drug-likeness (QED) is 0.334. The van der Waals surface area contributed by atoms with E-state index in [-0.39, 0.29) is 23.1 Å². The van der Waals surface area contributed by atoms with Gasteiger partial charge in [-0.2, -0.15) is 26.3 Å². The van der Waals surface area contributed by atoms with Gasteiger partial charge in [-0.3, -0.25) is 4.79 Å². The van der Waals surface area contributed by atoms with Gasteiger partial charge in [0.25, 0.3) is 11.6 Å². The number of phenolic OH excluding ortho intramolecular Hbond substituents is 1. The van der Waals surface area contributed by atoms with E-state index in [4.69, 9.17) is 4.74 Å². The molecule has 0 spiro atoms. The highest BCUT2D eigenvalue weighted by Crippen LogP contribution is 2.38. The first-order chi connectivity index (χ1) is 17.4. The van der Waals surface area contributed by atoms with Gasteiger partial charge in [0, 0.05) is 45.9 Å². The summed E-state index contributed by atoms with van der Waals surface area (Å²) in [6, 6.07) is 11.0. The van der Waals surface area contributed by atoms with Crippen LogP contribution in [0.25, 0.3) is 0 Å². The fraction of sp³-hybridized carbons (Fsp3) is 0.240. The highest BCUT2D eigenvalue weighted by molar-refractivity contribution is 6.05. The summed E-state index contributed by atoms with van der Waals surface area (Å²) in [5.41, 5.74) is -3.61. The van der Waals surface area contributed by atoms with Crippen LogP contribution in [0, 0.1) is 4.91 Å². The fourth-order valence-electron chi connectivity index (χ4n) is 3.15. The molecule has 6 nitrogen and oxygen atoms in total. The number of hydrogen-bond donors (Lipinski definition) is 3. The topological polar surface area (TPSA) is 89.6 Å². The average Bonchev–Trinajstić information content (AvgIpc) is 2.83. The van der Waals surface area contributed by atoms with Crippen LogP contribution in [0.5, 0.6) is 11.5 Å². The molecule has 12 heteroatoms. The normalized spacial score (nSPS) is 19.0. The van der Waals surface area contributed by atoms with E-state index < -0.39 is 59.5 Å². The van der Waals surface area contributed by atoms with Gasteiger partial charge in [-0.25, -0.2) is 0 Å². The highest BCUT2D eigenvalue weighted by atomic mass is 19.4. The second-order valence-corrected chi connectivity index (χ2v) is 7.30. The SMILES string of the molecule is CC.O=[NH+]C1=C/C(C(F)(F)F)=C(/Oc2ccc(O)c(NC(=O)c3ccccc3)c2)CC/C(C(F)(F)F)=C\1. The number of amides is 1. The number of alkyl halides is 6. The molecule has 37 heavy (non-hydrogen) atoms. The fourth-order valence-corrected chi connectivity index (χ4v) is 3.15. The molecule has 0 heterocycles. The highest BCUT2D eigenvalue weighted by Gasteiger charge is 2.40. The number of hydrogen-bond acceptors (Lipinski definition) is 4. The molecule has 198 valence electrons. The van der Waals surface area contributed by atoms with Gasteiger partial charge in [0.15, 0.2) is 0 Å². The molecule has 1 aliphatic rings. The van der Waals surface area contributed by atoms with Crippen LogP contribution >= 0.6 is 0 Å². The van der Waals surface area contributed by atoms with Crippen molar-refractivity contribution in [1.82, 2.24) is 0 Å². The van der Waals surface area contributed by atoms with Gasteiger partial charge in [0.2, 0.25) is 0 Å². The molecular weight excluding hydrogens is 506 g/mol. The summed E-state index contributed by atoms with van der Waals surface area (Å²) in [5.74, 6) is -2.24. The molecule has 0 aromatic heterocycles. The van der Waals surface area contributed by atoms with Crippen molar-refractivity contribution in [3.63, 3.8) is 0 Å². The third-order valence-corrected chi connectivity index (χ3v) is 4.83. The van der Waals surface area contributed by atoms with Crippen LogP contribution in [0.2, 0.25) is 0 Å². The molecule has 1 aliphatic carbocycles. The molecule has 0 saturated carbocycles. The maximum absolute atomic E-state index is 13.7. The lowest BCUT2D eigenvalue weighted by Crippen LogP contribution is -2.61. The van der Waals surface area contributed by atoms with Gasteiger partial charge >= 0.3 is 12.4 Å². The number of aromatic hydroxyl groups is 1. The van der Waals surface area contributed by atoms with Crippen molar-refractivity contribution in [2.24, 2.45) is 0 Å². The monoisotopic (exact) mass is 529 g/mol. The van der Waals surface area contributed by atoms with Crippen molar-refractivity contribution in [1.29, 1.82) is 0 Å². The van der Waals surface area contributed by atoms with Gasteiger partial charge in [-0.05, 0) is 30.7 Å². The predicted molar refractivity (Wildman–Crippen MR) is 123 cm³/mol. The minimum atomic E-state index is -5.07. The van der Waals surface area contributed by atoms with E-state index in [1.165, 1.54) is 12.1 Å². The van der Waals surface area contributed by atoms with Crippen molar-refractivity contribution in [2.45, 2.75) is 39.0 Å². The Bertz CT molecular complexity index is 1220. The van der Waals surface area contributed by atoms with Gasteiger partial charge in [-0.1, -0.05) is 32.0 Å². The first-order valence-corrected chi connectivity index (χ1v) is 10.9. The summed E-state index contributed by atoms with van der Waals surface area (Å²) >= 11 is 0. The molecule has 0 fully saturated rings. The van der Waals surface area contributed by atoms with Crippen molar-refractivity contribution >= 4 is 11.6 Å². The zero-order valence-electron chi connectivity index (χ0n) is 19.6. The van der Waals surface area contributed by atoms with Crippen molar-refractivity contribution < 1.29 is 46.2 Å². The summed E-state index contributed by atoms with van der Waals surface area (Å²) in [6.45, 7) is 4.00. The largest absolute Gasteiger partial charge is 0.506 e. The van der Waals surface area contributed by atoms with Gasteiger partial charge in [0.05, 0.1) is 5.69 Å². The summed E-state index contributed by atoms with van der Waals surface area (Å²) in [4.78, 5) is 23.4. The molecule has 0 aliphatic heterocycles. The predicted octanol–water partition coefficient (Wildman–Crippen LogP) is 5.88. The molecule has 0 saturated heterocycles. The van der Waals surface area contributed by atoms with Gasteiger partial charge in [0.1, 0.15) is 22.8 Å². The molecule has 0 radical (unpaired) electrons. The van der Waals surface area contributed by atoms with Crippen molar-refractivity contribution in [2.75, 3.05) is 5.32 Å². The number of allylic oxidation sites excluding steroid dienone is 5. The molecule has 0 atom stereocenters.